The molecule has 2 heteroatoms. The fraction of sp³-hybridized carbons (Fsp3) is 0.222. The van der Waals surface area contributed by atoms with Crippen molar-refractivity contribution in [1.29, 1.82) is 0 Å². The first-order valence-corrected chi connectivity index (χ1v) is 4.25. The van der Waals surface area contributed by atoms with E-state index >= 15 is 0 Å². The Morgan fingerprint density at radius 2 is 2.00 bits per heavy atom. The molecule has 0 atom stereocenters. The summed E-state index contributed by atoms with van der Waals surface area (Å²) < 4.78 is 5.93. The molecule has 0 saturated heterocycles. The second-order valence-electron chi connectivity index (χ2n) is 2.31. The summed E-state index contributed by atoms with van der Waals surface area (Å²) in [6.07, 6.45) is 0. The summed E-state index contributed by atoms with van der Waals surface area (Å²) in [7, 11) is 1.66. The van der Waals surface area contributed by atoms with E-state index in [1.807, 2.05) is 18.2 Å². The van der Waals surface area contributed by atoms with Crippen molar-refractivity contribution in [2.24, 2.45) is 0 Å². The van der Waals surface area contributed by atoms with Crippen LogP contribution in [0.25, 0.3) is 0 Å². The molecule has 1 rings (SSSR count). The second-order valence-corrected chi connectivity index (χ2v) is 3.08. The van der Waals surface area contributed by atoms with Crippen molar-refractivity contribution < 1.29 is 4.74 Å². The van der Waals surface area contributed by atoms with E-state index in [4.69, 9.17) is 4.74 Å². The molecule has 0 radical (unpaired) electrons. The molecule has 0 saturated carbocycles. The van der Waals surface area contributed by atoms with Crippen molar-refractivity contribution in [2.45, 2.75) is 6.92 Å². The zero-order valence-corrected chi connectivity index (χ0v) is 8.34. The maximum absolute atomic E-state index is 5.08. The Labute approximate surface area is 74.7 Å². The summed E-state index contributed by atoms with van der Waals surface area (Å²) in [6, 6.07) is 8.11. The van der Waals surface area contributed by atoms with Gasteiger partial charge >= 0.3 is 74.3 Å². The maximum atomic E-state index is 5.08. The van der Waals surface area contributed by atoms with Gasteiger partial charge < -0.3 is 0 Å². The van der Waals surface area contributed by atoms with Gasteiger partial charge in [-0.2, -0.15) is 0 Å². The third kappa shape index (κ3) is 1.92. The molecule has 1 aromatic rings. The normalized spacial score (nSPS) is 9.27. The first kappa shape index (κ1) is 8.51. The third-order valence-electron chi connectivity index (χ3n) is 1.55. The van der Waals surface area contributed by atoms with Gasteiger partial charge in [-0.25, -0.2) is 0 Å². The van der Waals surface area contributed by atoms with Crippen molar-refractivity contribution in [3.63, 3.8) is 0 Å². The average Bonchev–Trinajstić information content (AvgIpc) is 2.04. The summed E-state index contributed by atoms with van der Waals surface area (Å²) in [6.45, 7) is 2.06. The van der Waals surface area contributed by atoms with Gasteiger partial charge in [-0.15, -0.1) is 0 Å². The van der Waals surface area contributed by atoms with Crippen LogP contribution < -0.4 is 0 Å². The Hall–Kier alpha value is -0.591. The minimum absolute atomic E-state index is 0.850. The van der Waals surface area contributed by atoms with Crippen LogP contribution in [0.15, 0.2) is 24.3 Å². The number of ether oxygens (including phenoxy) is 1. The van der Waals surface area contributed by atoms with Gasteiger partial charge in [0.05, 0.1) is 0 Å². The van der Waals surface area contributed by atoms with Gasteiger partial charge in [-0.3, -0.25) is 0 Å². The van der Waals surface area contributed by atoms with Crippen molar-refractivity contribution in [1.82, 2.24) is 0 Å². The van der Waals surface area contributed by atoms with E-state index in [9.17, 15) is 0 Å². The molecule has 0 aromatic heterocycles. The molecule has 0 N–H and O–H groups in total. The zero-order valence-electron chi connectivity index (χ0n) is 6.63. The Bertz CT molecular complexity index is 268. The standard InChI is InChI=1S/C9H10OSe/c1-7-5-3-4-6-8(7)9(11)10-2/h3-6H,1-2H3. The van der Waals surface area contributed by atoms with Crippen LogP contribution in [0.4, 0.5) is 0 Å². The fourth-order valence-corrected chi connectivity index (χ4v) is 1.39. The fourth-order valence-electron chi connectivity index (χ4n) is 0.912. The van der Waals surface area contributed by atoms with Crippen LogP contribution in [0, 0.1) is 6.92 Å². The van der Waals surface area contributed by atoms with Gasteiger partial charge in [-0.05, 0) is 0 Å². The molecule has 0 unspecified atom stereocenters. The van der Waals surface area contributed by atoms with Crippen LogP contribution in [0.3, 0.4) is 0 Å². The summed E-state index contributed by atoms with van der Waals surface area (Å²) in [5.41, 5.74) is 2.36. The number of hydrogen-bond acceptors (Lipinski definition) is 1. The third-order valence-corrected chi connectivity index (χ3v) is 2.36. The Kier molecular flexibility index (Phi) is 2.86. The van der Waals surface area contributed by atoms with Crippen molar-refractivity contribution in [2.75, 3.05) is 7.11 Å². The monoisotopic (exact) mass is 214 g/mol. The molecular formula is C9H10OSe. The Morgan fingerprint density at radius 1 is 1.36 bits per heavy atom. The van der Waals surface area contributed by atoms with Gasteiger partial charge in [-0.1, -0.05) is 0 Å². The van der Waals surface area contributed by atoms with Crippen LogP contribution in [-0.2, 0) is 4.74 Å². The molecule has 11 heavy (non-hydrogen) atoms. The average molecular weight is 213 g/mol. The molecule has 0 spiro atoms. The van der Waals surface area contributed by atoms with Gasteiger partial charge in [0.25, 0.3) is 0 Å². The molecule has 0 aliphatic carbocycles. The van der Waals surface area contributed by atoms with E-state index in [1.165, 1.54) is 5.56 Å². The van der Waals surface area contributed by atoms with Crippen LogP contribution in [0.2, 0.25) is 0 Å². The summed E-state index contributed by atoms with van der Waals surface area (Å²) in [5.74, 6) is 0. The van der Waals surface area contributed by atoms with Crippen molar-refractivity contribution in [3.05, 3.63) is 35.4 Å². The molecule has 0 amide bonds. The van der Waals surface area contributed by atoms with Crippen LogP contribution in [0.5, 0.6) is 0 Å². The number of aryl methyl sites for hydroxylation is 1. The molecule has 0 aliphatic rings. The van der Waals surface area contributed by atoms with Crippen molar-refractivity contribution >= 4 is 20.2 Å². The molecule has 58 valence electrons. The SMILES string of the molecule is COC(=[Se])c1ccccc1C. The molecule has 0 heterocycles. The second kappa shape index (κ2) is 3.70. The van der Waals surface area contributed by atoms with E-state index in [2.05, 4.69) is 28.6 Å². The first-order chi connectivity index (χ1) is 5.25. The molecular weight excluding hydrogens is 203 g/mol. The van der Waals surface area contributed by atoms with Gasteiger partial charge in [0.15, 0.2) is 0 Å². The van der Waals surface area contributed by atoms with E-state index in [0.717, 1.165) is 10.2 Å². The predicted molar refractivity (Wildman–Crippen MR) is 48.1 cm³/mol. The van der Waals surface area contributed by atoms with E-state index in [-0.39, 0.29) is 0 Å². The zero-order chi connectivity index (χ0) is 8.27. The first-order valence-electron chi connectivity index (χ1n) is 3.39. The summed E-state index contributed by atoms with van der Waals surface area (Å²) in [4.78, 5) is 0. The predicted octanol–water partition coefficient (Wildman–Crippen LogP) is 1.29. The van der Waals surface area contributed by atoms with Crippen LogP contribution >= 0.6 is 0 Å². The summed E-state index contributed by atoms with van der Waals surface area (Å²) >= 11 is 2.88. The van der Waals surface area contributed by atoms with Crippen LogP contribution in [0.1, 0.15) is 11.1 Å². The number of benzene rings is 1. The Balaban J connectivity index is 3.03. The molecule has 1 nitrogen and oxygen atoms in total. The number of rotatable bonds is 2. The van der Waals surface area contributed by atoms with Gasteiger partial charge in [0.1, 0.15) is 0 Å². The van der Waals surface area contributed by atoms with E-state index in [1.54, 1.807) is 7.11 Å². The van der Waals surface area contributed by atoms with Crippen LogP contribution in [-0.4, -0.2) is 27.3 Å². The summed E-state index contributed by atoms with van der Waals surface area (Å²) in [5, 5.41) is 0. The minimum atomic E-state index is 0.850. The molecule has 1 aromatic carbocycles. The number of hydrogen-bond donors (Lipinski definition) is 0. The molecule has 0 bridgehead atoms. The van der Waals surface area contributed by atoms with Gasteiger partial charge in [0, 0.05) is 0 Å². The number of methoxy groups -OCH3 is 1. The topological polar surface area (TPSA) is 9.23 Å². The van der Waals surface area contributed by atoms with Crippen molar-refractivity contribution in [3.8, 4) is 0 Å². The van der Waals surface area contributed by atoms with E-state index < -0.39 is 0 Å². The van der Waals surface area contributed by atoms with Gasteiger partial charge in [0.2, 0.25) is 0 Å². The Morgan fingerprint density at radius 3 is 2.55 bits per heavy atom. The molecule has 0 aliphatic heterocycles. The van der Waals surface area contributed by atoms with E-state index in [0.29, 0.717) is 0 Å². The quantitative estimate of drug-likeness (QED) is 0.672. The molecule has 0 fully saturated rings.